The Hall–Kier alpha value is -1.40. The Kier molecular flexibility index (Phi) is 4.48. The Morgan fingerprint density at radius 1 is 1.44 bits per heavy atom. The summed E-state index contributed by atoms with van der Waals surface area (Å²) >= 11 is 0. The number of nitrogens with two attached hydrogens (primary N) is 1. The summed E-state index contributed by atoms with van der Waals surface area (Å²) in [5.74, 6) is -0.255. The molecule has 18 heavy (non-hydrogen) atoms. The van der Waals surface area contributed by atoms with Gasteiger partial charge < -0.3 is 5.32 Å². The molecule has 0 spiro atoms. The van der Waals surface area contributed by atoms with Crippen molar-refractivity contribution in [3.63, 3.8) is 0 Å². The number of nitrogens with one attached hydrogen (secondary N) is 1. The van der Waals surface area contributed by atoms with Crippen LogP contribution in [0.4, 0.5) is 5.69 Å². The lowest BCUT2D eigenvalue weighted by Gasteiger charge is -2.13. The van der Waals surface area contributed by atoms with Gasteiger partial charge in [-0.1, -0.05) is 19.9 Å². The number of anilines is 1. The van der Waals surface area contributed by atoms with Gasteiger partial charge in [0.25, 0.3) is 0 Å². The summed E-state index contributed by atoms with van der Waals surface area (Å²) in [4.78, 5) is 11.8. The number of carbonyl (C=O) groups excluding carboxylic acids is 1. The van der Waals surface area contributed by atoms with Crippen LogP contribution in [0.3, 0.4) is 0 Å². The van der Waals surface area contributed by atoms with Crippen LogP contribution in [0.15, 0.2) is 23.1 Å². The molecule has 3 N–H and O–H groups in total. The summed E-state index contributed by atoms with van der Waals surface area (Å²) in [7, 11) is -3.77. The standard InChI is InChI=1S/C12H18N2O3S/c1-4-8(2)12(15)14-10-6-5-7-11(9(10)3)18(13,16)17/h5-8H,4H2,1-3H3,(H,14,15)(H2,13,16,17). The molecule has 1 aromatic rings. The second kappa shape index (κ2) is 5.49. The molecule has 1 atom stereocenters. The largest absolute Gasteiger partial charge is 0.326 e. The third-order valence-corrected chi connectivity index (χ3v) is 3.96. The number of amides is 1. The van der Waals surface area contributed by atoms with Crippen LogP contribution >= 0.6 is 0 Å². The average Bonchev–Trinajstić information content (AvgIpc) is 2.29. The first-order chi connectivity index (χ1) is 8.27. The highest BCUT2D eigenvalue weighted by atomic mass is 32.2. The fourth-order valence-corrected chi connectivity index (χ4v) is 2.30. The number of hydrogen-bond acceptors (Lipinski definition) is 3. The molecule has 0 aromatic heterocycles. The van der Waals surface area contributed by atoms with Gasteiger partial charge in [-0.25, -0.2) is 13.6 Å². The first-order valence-corrected chi connectivity index (χ1v) is 7.25. The van der Waals surface area contributed by atoms with Crippen molar-refractivity contribution in [2.75, 3.05) is 5.32 Å². The Bertz CT molecular complexity index is 552. The highest BCUT2D eigenvalue weighted by molar-refractivity contribution is 7.89. The van der Waals surface area contributed by atoms with Crippen molar-refractivity contribution in [2.24, 2.45) is 11.1 Å². The molecule has 0 aliphatic heterocycles. The summed E-state index contributed by atoms with van der Waals surface area (Å²) in [5.41, 5.74) is 0.934. The molecule has 0 aliphatic carbocycles. The summed E-state index contributed by atoms with van der Waals surface area (Å²) < 4.78 is 22.7. The van der Waals surface area contributed by atoms with Crippen molar-refractivity contribution in [1.29, 1.82) is 0 Å². The van der Waals surface area contributed by atoms with Gasteiger partial charge >= 0.3 is 0 Å². The van der Waals surface area contributed by atoms with Gasteiger partial charge in [0, 0.05) is 11.6 Å². The van der Waals surface area contributed by atoms with E-state index in [-0.39, 0.29) is 16.7 Å². The van der Waals surface area contributed by atoms with Crippen LogP contribution in [0.5, 0.6) is 0 Å². The summed E-state index contributed by atoms with van der Waals surface area (Å²) in [5, 5.41) is 7.82. The Labute approximate surface area is 107 Å². The zero-order valence-electron chi connectivity index (χ0n) is 10.7. The summed E-state index contributed by atoms with van der Waals surface area (Å²) in [6, 6.07) is 4.63. The minimum absolute atomic E-state index is 0.0319. The first kappa shape index (κ1) is 14.7. The minimum Gasteiger partial charge on any atom is -0.326 e. The van der Waals surface area contributed by atoms with Gasteiger partial charge in [0.2, 0.25) is 15.9 Å². The lowest BCUT2D eigenvalue weighted by atomic mass is 10.1. The molecule has 0 fully saturated rings. The molecule has 0 bridgehead atoms. The normalized spacial score (nSPS) is 13.1. The highest BCUT2D eigenvalue weighted by Crippen LogP contribution is 2.22. The van der Waals surface area contributed by atoms with Crippen molar-refractivity contribution in [3.8, 4) is 0 Å². The van der Waals surface area contributed by atoms with Crippen LogP contribution in [0.25, 0.3) is 0 Å². The Morgan fingerprint density at radius 2 is 2.06 bits per heavy atom. The molecule has 0 heterocycles. The van der Waals surface area contributed by atoms with E-state index >= 15 is 0 Å². The summed E-state index contributed by atoms with van der Waals surface area (Å²) in [6.45, 7) is 5.35. The predicted molar refractivity (Wildman–Crippen MR) is 70.6 cm³/mol. The van der Waals surface area contributed by atoms with E-state index in [1.165, 1.54) is 6.07 Å². The van der Waals surface area contributed by atoms with E-state index in [2.05, 4.69) is 5.32 Å². The van der Waals surface area contributed by atoms with E-state index < -0.39 is 10.0 Å². The number of carbonyl (C=O) groups is 1. The highest BCUT2D eigenvalue weighted by Gasteiger charge is 2.16. The third kappa shape index (κ3) is 3.30. The minimum atomic E-state index is -3.77. The molecule has 0 radical (unpaired) electrons. The number of primary sulfonamides is 1. The average molecular weight is 270 g/mol. The van der Waals surface area contributed by atoms with Crippen molar-refractivity contribution in [2.45, 2.75) is 32.1 Å². The quantitative estimate of drug-likeness (QED) is 0.871. The molecule has 1 aromatic carbocycles. The van der Waals surface area contributed by atoms with Crippen LogP contribution in [-0.2, 0) is 14.8 Å². The van der Waals surface area contributed by atoms with E-state index in [9.17, 15) is 13.2 Å². The molecule has 1 unspecified atom stereocenters. The first-order valence-electron chi connectivity index (χ1n) is 5.70. The van der Waals surface area contributed by atoms with E-state index in [1.807, 2.05) is 13.8 Å². The Morgan fingerprint density at radius 3 is 2.56 bits per heavy atom. The van der Waals surface area contributed by atoms with Crippen molar-refractivity contribution in [1.82, 2.24) is 0 Å². The SMILES string of the molecule is CCC(C)C(=O)Nc1cccc(S(N)(=O)=O)c1C. The molecule has 100 valence electrons. The van der Waals surface area contributed by atoms with Crippen LogP contribution in [0.1, 0.15) is 25.8 Å². The smallest absolute Gasteiger partial charge is 0.238 e. The van der Waals surface area contributed by atoms with E-state index in [1.54, 1.807) is 19.1 Å². The molecule has 6 heteroatoms. The van der Waals surface area contributed by atoms with Crippen LogP contribution in [0, 0.1) is 12.8 Å². The number of sulfonamides is 1. The van der Waals surface area contributed by atoms with E-state index in [0.29, 0.717) is 11.3 Å². The van der Waals surface area contributed by atoms with Gasteiger partial charge in [0.15, 0.2) is 0 Å². The lowest BCUT2D eigenvalue weighted by Crippen LogP contribution is -2.21. The second-order valence-electron chi connectivity index (χ2n) is 4.27. The molecule has 5 nitrogen and oxygen atoms in total. The van der Waals surface area contributed by atoms with Crippen LogP contribution < -0.4 is 10.5 Å². The number of benzene rings is 1. The van der Waals surface area contributed by atoms with E-state index in [0.717, 1.165) is 6.42 Å². The molecule has 0 saturated carbocycles. The predicted octanol–water partition coefficient (Wildman–Crippen LogP) is 1.63. The fourth-order valence-electron chi connectivity index (χ4n) is 1.50. The lowest BCUT2D eigenvalue weighted by molar-refractivity contribution is -0.119. The van der Waals surface area contributed by atoms with Crippen molar-refractivity contribution >= 4 is 21.6 Å². The topological polar surface area (TPSA) is 89.3 Å². The third-order valence-electron chi connectivity index (χ3n) is 2.91. The zero-order valence-corrected chi connectivity index (χ0v) is 11.5. The van der Waals surface area contributed by atoms with Gasteiger partial charge in [-0.3, -0.25) is 4.79 Å². The molecule has 0 saturated heterocycles. The van der Waals surface area contributed by atoms with Gasteiger partial charge in [-0.2, -0.15) is 0 Å². The van der Waals surface area contributed by atoms with Crippen LogP contribution in [-0.4, -0.2) is 14.3 Å². The molecule has 1 rings (SSSR count). The zero-order chi connectivity index (χ0) is 13.9. The van der Waals surface area contributed by atoms with Gasteiger partial charge in [0.1, 0.15) is 0 Å². The van der Waals surface area contributed by atoms with Gasteiger partial charge in [-0.15, -0.1) is 0 Å². The van der Waals surface area contributed by atoms with Gasteiger partial charge in [0.05, 0.1) is 4.90 Å². The van der Waals surface area contributed by atoms with Gasteiger partial charge in [-0.05, 0) is 31.0 Å². The summed E-state index contributed by atoms with van der Waals surface area (Å²) in [6.07, 6.45) is 0.722. The maximum atomic E-state index is 11.8. The molecular weight excluding hydrogens is 252 g/mol. The monoisotopic (exact) mass is 270 g/mol. The maximum Gasteiger partial charge on any atom is 0.238 e. The maximum absolute atomic E-state index is 11.8. The van der Waals surface area contributed by atoms with E-state index in [4.69, 9.17) is 5.14 Å². The number of hydrogen-bond donors (Lipinski definition) is 2. The van der Waals surface area contributed by atoms with Crippen LogP contribution in [0.2, 0.25) is 0 Å². The molecule has 1 amide bonds. The molecule has 0 aliphatic rings. The van der Waals surface area contributed by atoms with Crippen molar-refractivity contribution in [3.05, 3.63) is 23.8 Å². The molecular formula is C12H18N2O3S. The Balaban J connectivity index is 3.10. The number of rotatable bonds is 4. The second-order valence-corrected chi connectivity index (χ2v) is 5.80. The van der Waals surface area contributed by atoms with Crippen molar-refractivity contribution < 1.29 is 13.2 Å². The fraction of sp³-hybridized carbons (Fsp3) is 0.417.